The number of aryl methyl sites for hydroxylation is 2. The summed E-state index contributed by atoms with van der Waals surface area (Å²) in [6, 6.07) is 5.10. The number of hydrogen-bond acceptors (Lipinski definition) is 5. The summed E-state index contributed by atoms with van der Waals surface area (Å²) in [4.78, 5) is 40.4. The van der Waals surface area contributed by atoms with Gasteiger partial charge in [-0.15, -0.1) is 11.3 Å². The van der Waals surface area contributed by atoms with E-state index in [0.29, 0.717) is 24.4 Å². The Bertz CT molecular complexity index is 828. The average molecular weight is 389 g/mol. The summed E-state index contributed by atoms with van der Waals surface area (Å²) in [5.41, 5.74) is 6.06. The third-order valence-electron chi connectivity index (χ3n) is 4.68. The van der Waals surface area contributed by atoms with Crippen molar-refractivity contribution in [1.29, 1.82) is 0 Å². The zero-order valence-corrected chi connectivity index (χ0v) is 16.2. The number of furan rings is 1. The van der Waals surface area contributed by atoms with Crippen LogP contribution in [0.15, 0.2) is 28.9 Å². The second-order valence-corrected chi connectivity index (χ2v) is 7.72. The van der Waals surface area contributed by atoms with Crippen molar-refractivity contribution < 1.29 is 18.8 Å². The van der Waals surface area contributed by atoms with Crippen LogP contribution in [-0.2, 0) is 11.2 Å². The summed E-state index contributed by atoms with van der Waals surface area (Å²) in [7, 11) is 0. The molecule has 7 nitrogen and oxygen atoms in total. The Morgan fingerprint density at radius 2 is 2.15 bits per heavy atom. The lowest BCUT2D eigenvalue weighted by Gasteiger charge is -2.31. The number of thiophene rings is 1. The predicted octanol–water partition coefficient (Wildman–Crippen LogP) is 2.53. The molecule has 0 bridgehead atoms. The van der Waals surface area contributed by atoms with Crippen molar-refractivity contribution in [3.63, 3.8) is 0 Å². The van der Waals surface area contributed by atoms with Gasteiger partial charge in [0, 0.05) is 18.0 Å². The number of rotatable bonds is 4. The smallest absolute Gasteiger partial charge is 0.289 e. The number of likely N-dealkylation sites (tertiary alicyclic amines) is 1. The molecular formula is C19H23N3O4S. The van der Waals surface area contributed by atoms with Crippen molar-refractivity contribution in [3.8, 4) is 0 Å². The molecule has 0 unspecified atom stereocenters. The first kappa shape index (κ1) is 19.2. The Morgan fingerprint density at radius 3 is 2.81 bits per heavy atom. The Balaban J connectivity index is 1.54. The van der Waals surface area contributed by atoms with Gasteiger partial charge in [-0.1, -0.05) is 6.92 Å². The molecule has 1 aliphatic heterocycles. The molecule has 0 aromatic carbocycles. The van der Waals surface area contributed by atoms with Gasteiger partial charge in [-0.2, -0.15) is 0 Å². The molecule has 3 amide bonds. The molecule has 3 rings (SSSR count). The maximum absolute atomic E-state index is 12.4. The molecular weight excluding hydrogens is 366 g/mol. The molecule has 1 aliphatic rings. The Morgan fingerprint density at radius 1 is 1.33 bits per heavy atom. The SMILES string of the molecule is CCc1sc(C(=O)NNC(=O)[C@H]2CCCN(C(=O)c3ccco3)C2)cc1C. The summed E-state index contributed by atoms with van der Waals surface area (Å²) in [5.74, 6) is -0.930. The van der Waals surface area contributed by atoms with Crippen LogP contribution in [0.3, 0.4) is 0 Å². The lowest BCUT2D eigenvalue weighted by Crippen LogP contribution is -2.49. The second-order valence-electron chi connectivity index (χ2n) is 6.58. The summed E-state index contributed by atoms with van der Waals surface area (Å²) in [6.45, 7) is 4.90. The minimum absolute atomic E-state index is 0.220. The number of amides is 3. The van der Waals surface area contributed by atoms with E-state index < -0.39 is 0 Å². The number of nitrogens with one attached hydrogen (secondary N) is 2. The quantitative estimate of drug-likeness (QED) is 0.786. The maximum Gasteiger partial charge on any atom is 0.289 e. The van der Waals surface area contributed by atoms with Crippen LogP contribution < -0.4 is 10.9 Å². The summed E-state index contributed by atoms with van der Waals surface area (Å²) in [6.07, 6.45) is 3.72. The van der Waals surface area contributed by atoms with Crippen LogP contribution in [0.4, 0.5) is 0 Å². The third-order valence-corrected chi connectivity index (χ3v) is 6.06. The Kier molecular flexibility index (Phi) is 5.95. The third kappa shape index (κ3) is 4.39. The highest BCUT2D eigenvalue weighted by Gasteiger charge is 2.30. The largest absolute Gasteiger partial charge is 0.459 e. The molecule has 1 atom stereocenters. The highest BCUT2D eigenvalue weighted by Crippen LogP contribution is 2.22. The molecule has 0 aliphatic carbocycles. The lowest BCUT2D eigenvalue weighted by atomic mass is 9.97. The van der Waals surface area contributed by atoms with Gasteiger partial charge in [-0.05, 0) is 49.9 Å². The molecule has 3 heterocycles. The summed E-state index contributed by atoms with van der Waals surface area (Å²) < 4.78 is 5.15. The van der Waals surface area contributed by atoms with Crippen LogP contribution in [0.25, 0.3) is 0 Å². The van der Waals surface area contributed by atoms with E-state index in [1.165, 1.54) is 17.6 Å². The first-order valence-electron chi connectivity index (χ1n) is 9.02. The molecule has 0 radical (unpaired) electrons. The van der Waals surface area contributed by atoms with Gasteiger partial charge in [0.1, 0.15) is 0 Å². The van der Waals surface area contributed by atoms with Gasteiger partial charge in [0.15, 0.2) is 5.76 Å². The van der Waals surface area contributed by atoms with E-state index in [4.69, 9.17) is 4.42 Å². The Hall–Kier alpha value is -2.61. The van der Waals surface area contributed by atoms with Crippen molar-refractivity contribution in [2.45, 2.75) is 33.1 Å². The molecule has 1 saturated heterocycles. The van der Waals surface area contributed by atoms with Crippen LogP contribution in [0.5, 0.6) is 0 Å². The second kappa shape index (κ2) is 8.39. The monoisotopic (exact) mass is 389 g/mol. The van der Waals surface area contributed by atoms with Gasteiger partial charge in [0.25, 0.3) is 11.8 Å². The first-order chi connectivity index (χ1) is 13.0. The van der Waals surface area contributed by atoms with Gasteiger partial charge in [-0.3, -0.25) is 25.2 Å². The normalized spacial score (nSPS) is 16.8. The fourth-order valence-corrected chi connectivity index (χ4v) is 4.21. The summed E-state index contributed by atoms with van der Waals surface area (Å²) in [5, 5.41) is 0. The molecule has 1 fully saturated rings. The lowest BCUT2D eigenvalue weighted by molar-refractivity contribution is -0.127. The number of hydrazine groups is 1. The van der Waals surface area contributed by atoms with Crippen molar-refractivity contribution in [1.82, 2.24) is 15.8 Å². The van der Waals surface area contributed by atoms with Gasteiger partial charge in [-0.25, -0.2) is 0 Å². The fourth-order valence-electron chi connectivity index (χ4n) is 3.20. The molecule has 2 aromatic rings. The van der Waals surface area contributed by atoms with E-state index in [0.717, 1.165) is 23.3 Å². The average Bonchev–Trinajstić information content (AvgIpc) is 3.35. The van der Waals surface area contributed by atoms with Crippen molar-refractivity contribution >= 4 is 29.1 Å². The number of nitrogens with zero attached hydrogens (tertiary/aromatic N) is 1. The van der Waals surface area contributed by atoms with Crippen LogP contribution in [0, 0.1) is 12.8 Å². The predicted molar refractivity (Wildman–Crippen MR) is 101 cm³/mol. The van der Waals surface area contributed by atoms with Crippen LogP contribution in [-0.4, -0.2) is 35.7 Å². The van der Waals surface area contributed by atoms with Gasteiger partial charge < -0.3 is 9.32 Å². The molecule has 144 valence electrons. The van der Waals surface area contributed by atoms with Crippen LogP contribution in [0.2, 0.25) is 0 Å². The highest BCUT2D eigenvalue weighted by atomic mass is 32.1. The molecule has 2 aromatic heterocycles. The number of hydrogen-bond donors (Lipinski definition) is 2. The van der Waals surface area contributed by atoms with Gasteiger partial charge in [0.05, 0.1) is 17.1 Å². The molecule has 0 spiro atoms. The van der Waals surface area contributed by atoms with Crippen molar-refractivity contribution in [3.05, 3.63) is 45.5 Å². The highest BCUT2D eigenvalue weighted by molar-refractivity contribution is 7.14. The van der Waals surface area contributed by atoms with Gasteiger partial charge in [0.2, 0.25) is 5.91 Å². The van der Waals surface area contributed by atoms with Gasteiger partial charge >= 0.3 is 0 Å². The van der Waals surface area contributed by atoms with Crippen molar-refractivity contribution in [2.24, 2.45) is 5.92 Å². The molecule has 8 heteroatoms. The summed E-state index contributed by atoms with van der Waals surface area (Å²) >= 11 is 1.43. The molecule has 27 heavy (non-hydrogen) atoms. The van der Waals surface area contributed by atoms with E-state index in [2.05, 4.69) is 10.9 Å². The zero-order chi connectivity index (χ0) is 19.4. The van der Waals surface area contributed by atoms with E-state index in [-0.39, 0.29) is 29.4 Å². The molecule has 2 N–H and O–H groups in total. The number of carbonyl (C=O) groups is 3. The minimum Gasteiger partial charge on any atom is -0.459 e. The standard InChI is InChI=1S/C19H23N3O4S/c1-3-15-12(2)10-16(27-15)18(24)21-20-17(23)13-6-4-8-22(11-13)19(25)14-7-5-9-26-14/h5,7,9-10,13H,3-4,6,8,11H2,1-2H3,(H,20,23)(H,21,24)/t13-/m0/s1. The van der Waals surface area contributed by atoms with Crippen molar-refractivity contribution in [2.75, 3.05) is 13.1 Å². The number of piperidine rings is 1. The van der Waals surface area contributed by atoms with E-state index in [9.17, 15) is 14.4 Å². The van der Waals surface area contributed by atoms with E-state index in [1.807, 2.05) is 19.9 Å². The van der Waals surface area contributed by atoms with Crippen LogP contribution >= 0.6 is 11.3 Å². The Labute approximate surface area is 161 Å². The maximum atomic E-state index is 12.4. The topological polar surface area (TPSA) is 91.7 Å². The van der Waals surface area contributed by atoms with E-state index in [1.54, 1.807) is 17.0 Å². The van der Waals surface area contributed by atoms with Crippen LogP contribution in [0.1, 0.15) is 50.4 Å². The van der Waals surface area contributed by atoms with E-state index >= 15 is 0 Å². The first-order valence-corrected chi connectivity index (χ1v) is 9.83. The minimum atomic E-state index is -0.366. The fraction of sp³-hybridized carbons (Fsp3) is 0.421. The zero-order valence-electron chi connectivity index (χ0n) is 15.4. The molecule has 0 saturated carbocycles. The number of carbonyl (C=O) groups excluding carboxylic acids is 3.